The third-order valence-electron chi connectivity index (χ3n) is 6.45. The van der Waals surface area contributed by atoms with E-state index in [1.54, 1.807) is 12.1 Å². The van der Waals surface area contributed by atoms with Crippen LogP contribution in [-0.2, 0) is 9.59 Å². The number of nitrogens with zero attached hydrogens (tertiary/aromatic N) is 2. The molecule has 6 nitrogen and oxygen atoms in total. The van der Waals surface area contributed by atoms with E-state index in [4.69, 9.17) is 0 Å². The van der Waals surface area contributed by atoms with E-state index in [2.05, 4.69) is 41.3 Å². The van der Waals surface area contributed by atoms with Crippen molar-refractivity contribution in [2.75, 3.05) is 45.1 Å². The van der Waals surface area contributed by atoms with Crippen molar-refractivity contribution in [1.29, 1.82) is 0 Å². The van der Waals surface area contributed by atoms with E-state index in [1.807, 2.05) is 0 Å². The molecule has 0 aliphatic carbocycles. The van der Waals surface area contributed by atoms with E-state index in [0.29, 0.717) is 43.7 Å². The Hall–Kier alpha value is -1.99. The van der Waals surface area contributed by atoms with Crippen LogP contribution in [0.15, 0.2) is 24.3 Å². The fourth-order valence-electron chi connectivity index (χ4n) is 4.86. The number of carbonyl (C=O) groups excluding carboxylic acids is 2. The summed E-state index contributed by atoms with van der Waals surface area (Å²) in [5.74, 6) is -0.397. The Bertz CT molecular complexity index is 740. The highest BCUT2D eigenvalue weighted by atomic mass is 19.1. The number of likely N-dealkylation sites (tertiary alicyclic amines) is 2. The number of nitrogens with one attached hydrogen (secondary N) is 2. The van der Waals surface area contributed by atoms with Gasteiger partial charge in [-0.15, -0.1) is 0 Å². The van der Waals surface area contributed by atoms with E-state index in [-0.39, 0.29) is 29.5 Å². The van der Waals surface area contributed by atoms with Gasteiger partial charge in [-0.25, -0.2) is 4.39 Å². The number of anilines is 1. The molecule has 31 heavy (non-hydrogen) atoms. The number of rotatable bonds is 8. The molecule has 3 rings (SSSR count). The Morgan fingerprint density at radius 2 is 1.81 bits per heavy atom. The largest absolute Gasteiger partial charge is 0.356 e. The van der Waals surface area contributed by atoms with Gasteiger partial charge in [-0.2, -0.15) is 0 Å². The molecule has 2 saturated heterocycles. The van der Waals surface area contributed by atoms with Crippen molar-refractivity contribution < 1.29 is 14.0 Å². The molecule has 7 heteroatoms. The Morgan fingerprint density at radius 1 is 1.13 bits per heavy atom. The maximum absolute atomic E-state index is 13.1. The van der Waals surface area contributed by atoms with Crippen molar-refractivity contribution in [2.45, 2.75) is 45.6 Å². The van der Waals surface area contributed by atoms with Crippen molar-refractivity contribution in [3.63, 3.8) is 0 Å². The molecule has 0 aromatic heterocycles. The van der Waals surface area contributed by atoms with Gasteiger partial charge in [0.25, 0.3) is 0 Å². The number of piperidine rings is 1. The van der Waals surface area contributed by atoms with Gasteiger partial charge >= 0.3 is 0 Å². The first-order chi connectivity index (χ1) is 14.8. The summed E-state index contributed by atoms with van der Waals surface area (Å²) in [6.45, 7) is 8.30. The first kappa shape index (κ1) is 23.7. The monoisotopic (exact) mass is 432 g/mol. The topological polar surface area (TPSA) is 64.7 Å². The first-order valence-corrected chi connectivity index (χ1v) is 11.6. The predicted molar refractivity (Wildman–Crippen MR) is 121 cm³/mol. The van der Waals surface area contributed by atoms with Gasteiger partial charge in [0.2, 0.25) is 11.8 Å². The molecule has 1 unspecified atom stereocenters. The Morgan fingerprint density at radius 3 is 2.42 bits per heavy atom. The maximum atomic E-state index is 13.1. The average Bonchev–Trinajstić information content (AvgIpc) is 3.13. The zero-order valence-corrected chi connectivity index (χ0v) is 19.1. The zero-order valence-electron chi connectivity index (χ0n) is 19.1. The minimum atomic E-state index is -0.334. The summed E-state index contributed by atoms with van der Waals surface area (Å²) in [5.41, 5.74) is 0.578. The predicted octanol–water partition coefficient (Wildman–Crippen LogP) is 2.96. The molecule has 2 heterocycles. The van der Waals surface area contributed by atoms with Gasteiger partial charge in [-0.05, 0) is 69.5 Å². The van der Waals surface area contributed by atoms with Crippen LogP contribution >= 0.6 is 0 Å². The number of benzene rings is 1. The van der Waals surface area contributed by atoms with E-state index in [9.17, 15) is 14.0 Å². The van der Waals surface area contributed by atoms with Crippen LogP contribution in [0, 0.1) is 23.6 Å². The molecular weight excluding hydrogens is 395 g/mol. The molecule has 2 fully saturated rings. The van der Waals surface area contributed by atoms with E-state index >= 15 is 0 Å². The highest BCUT2D eigenvalue weighted by molar-refractivity contribution is 5.93. The van der Waals surface area contributed by atoms with Crippen LogP contribution < -0.4 is 10.6 Å². The molecule has 1 aromatic carbocycles. The molecule has 2 aliphatic heterocycles. The Balaban J connectivity index is 1.57. The molecule has 2 N–H and O–H groups in total. The summed E-state index contributed by atoms with van der Waals surface area (Å²) in [6, 6.07) is 6.34. The smallest absolute Gasteiger partial charge is 0.228 e. The lowest BCUT2D eigenvalue weighted by molar-refractivity contribution is -0.130. The van der Waals surface area contributed by atoms with Crippen LogP contribution in [-0.4, -0.2) is 67.4 Å². The van der Waals surface area contributed by atoms with E-state index < -0.39 is 0 Å². The van der Waals surface area contributed by atoms with Crippen LogP contribution in [0.2, 0.25) is 0 Å². The Labute approximate surface area is 185 Å². The summed E-state index contributed by atoms with van der Waals surface area (Å²) in [5, 5.41) is 6.01. The van der Waals surface area contributed by atoms with Gasteiger partial charge in [-0.3, -0.25) is 9.59 Å². The van der Waals surface area contributed by atoms with Gasteiger partial charge in [-0.1, -0.05) is 13.8 Å². The highest BCUT2D eigenvalue weighted by Crippen LogP contribution is 2.25. The second-order valence-electron chi connectivity index (χ2n) is 9.59. The molecule has 2 amide bonds. The molecule has 2 aliphatic rings. The molecule has 1 aromatic rings. The molecule has 0 saturated carbocycles. The summed E-state index contributed by atoms with van der Waals surface area (Å²) in [4.78, 5) is 30.4. The lowest BCUT2D eigenvalue weighted by Crippen LogP contribution is -2.50. The van der Waals surface area contributed by atoms with Crippen LogP contribution in [0.5, 0.6) is 0 Å². The average molecular weight is 433 g/mol. The van der Waals surface area contributed by atoms with Crippen molar-refractivity contribution >= 4 is 17.5 Å². The van der Waals surface area contributed by atoms with E-state index in [0.717, 1.165) is 19.5 Å². The van der Waals surface area contributed by atoms with Crippen molar-refractivity contribution in [3.8, 4) is 0 Å². The highest BCUT2D eigenvalue weighted by Gasteiger charge is 2.35. The summed E-state index contributed by atoms with van der Waals surface area (Å²) < 4.78 is 13.1. The fraction of sp³-hybridized carbons (Fsp3) is 0.667. The minimum absolute atomic E-state index is 0.0497. The second kappa shape index (κ2) is 11.0. The van der Waals surface area contributed by atoms with Crippen molar-refractivity contribution in [2.24, 2.45) is 17.8 Å². The van der Waals surface area contributed by atoms with Gasteiger partial charge in [0.1, 0.15) is 5.82 Å². The summed E-state index contributed by atoms with van der Waals surface area (Å²) >= 11 is 0. The quantitative estimate of drug-likeness (QED) is 0.663. The third kappa shape index (κ3) is 7.01. The zero-order chi connectivity index (χ0) is 22.4. The lowest BCUT2D eigenvalue weighted by Gasteiger charge is -2.37. The fourth-order valence-corrected chi connectivity index (χ4v) is 4.86. The standard InChI is InChI=1S/C24H37FN4O2/c1-17(2)14-29-15-18(23(30)26-11-10-22-5-4-12-28(22)3)13-19(16-29)24(31)27-21-8-6-20(25)7-9-21/h6-9,17-19,22H,4-5,10-16H2,1-3H3,(H,26,30)(H,27,31)/t18-,19+,22?/m0/s1. The molecule has 0 radical (unpaired) electrons. The van der Waals surface area contributed by atoms with Crippen molar-refractivity contribution in [3.05, 3.63) is 30.1 Å². The van der Waals surface area contributed by atoms with Gasteiger partial charge in [0, 0.05) is 37.9 Å². The number of hydrogen-bond donors (Lipinski definition) is 2. The van der Waals surface area contributed by atoms with Crippen LogP contribution in [0.3, 0.4) is 0 Å². The second-order valence-corrected chi connectivity index (χ2v) is 9.59. The molecule has 172 valence electrons. The van der Waals surface area contributed by atoms with Crippen LogP contribution in [0.25, 0.3) is 0 Å². The Kier molecular flexibility index (Phi) is 8.43. The molecular formula is C24H37FN4O2. The first-order valence-electron chi connectivity index (χ1n) is 11.6. The van der Waals surface area contributed by atoms with Crippen LogP contribution in [0.1, 0.15) is 39.5 Å². The number of carbonyl (C=O) groups is 2. The van der Waals surface area contributed by atoms with Gasteiger partial charge < -0.3 is 20.4 Å². The van der Waals surface area contributed by atoms with Gasteiger partial charge in [0.05, 0.1) is 11.8 Å². The normalized spacial score (nSPS) is 25.0. The molecule has 0 spiro atoms. The van der Waals surface area contributed by atoms with Crippen LogP contribution in [0.4, 0.5) is 10.1 Å². The van der Waals surface area contributed by atoms with Crippen molar-refractivity contribution in [1.82, 2.24) is 15.1 Å². The van der Waals surface area contributed by atoms with Gasteiger partial charge in [0.15, 0.2) is 0 Å². The lowest BCUT2D eigenvalue weighted by atomic mass is 9.87. The minimum Gasteiger partial charge on any atom is -0.356 e. The molecule has 0 bridgehead atoms. The number of halogens is 1. The number of hydrogen-bond acceptors (Lipinski definition) is 4. The SMILES string of the molecule is CC(C)CN1C[C@@H](C(=O)NCCC2CCCN2C)C[C@@H](C(=O)Nc2ccc(F)cc2)C1. The summed E-state index contributed by atoms with van der Waals surface area (Å²) in [7, 11) is 2.15. The maximum Gasteiger partial charge on any atom is 0.228 e. The van der Waals surface area contributed by atoms with E-state index in [1.165, 1.54) is 25.0 Å². The summed E-state index contributed by atoms with van der Waals surface area (Å²) in [6.07, 6.45) is 3.94. The third-order valence-corrected chi connectivity index (χ3v) is 6.45. The number of amides is 2. The molecule has 3 atom stereocenters.